The zero-order valence-electron chi connectivity index (χ0n) is 18.5. The molecule has 1 amide bonds. The minimum absolute atomic E-state index is 0.163. The molecule has 0 unspecified atom stereocenters. The van der Waals surface area contributed by atoms with Crippen molar-refractivity contribution in [1.29, 1.82) is 0 Å². The third-order valence-corrected chi connectivity index (χ3v) is 5.54. The van der Waals surface area contributed by atoms with Gasteiger partial charge in [0.25, 0.3) is 17.4 Å². The number of carbonyl (C=O) groups is 1. The van der Waals surface area contributed by atoms with Gasteiger partial charge >= 0.3 is 5.69 Å². The third-order valence-electron chi connectivity index (χ3n) is 5.54. The highest BCUT2D eigenvalue weighted by Crippen LogP contribution is 2.15. The fourth-order valence-corrected chi connectivity index (χ4v) is 3.87. The average Bonchev–Trinajstić information content (AvgIpc) is 3.28. The van der Waals surface area contributed by atoms with Gasteiger partial charge in [0, 0.05) is 37.8 Å². The number of nitrogens with zero attached hydrogens (tertiary/aromatic N) is 5. The molecule has 10 nitrogen and oxygen atoms in total. The van der Waals surface area contributed by atoms with Gasteiger partial charge < -0.3 is 9.84 Å². The molecule has 4 heterocycles. The van der Waals surface area contributed by atoms with Crippen molar-refractivity contribution >= 4 is 5.91 Å². The molecule has 10 heteroatoms. The van der Waals surface area contributed by atoms with E-state index in [1.54, 1.807) is 12.3 Å². The Bertz CT molecular complexity index is 1290. The van der Waals surface area contributed by atoms with Crippen LogP contribution in [-0.4, -0.2) is 30.2 Å². The molecule has 0 saturated heterocycles. The van der Waals surface area contributed by atoms with Crippen LogP contribution in [0.4, 0.5) is 0 Å². The number of aromatic nitrogens is 5. The summed E-state index contributed by atoms with van der Waals surface area (Å²) in [5, 5.41) is 6.62. The molecular formula is C23H26N6O4. The highest BCUT2D eigenvalue weighted by Gasteiger charge is 2.28. The Morgan fingerprint density at radius 2 is 1.94 bits per heavy atom. The van der Waals surface area contributed by atoms with Gasteiger partial charge in [-0.2, -0.15) is 4.98 Å². The molecule has 1 aliphatic heterocycles. The van der Waals surface area contributed by atoms with Gasteiger partial charge in [-0.1, -0.05) is 31.1 Å². The summed E-state index contributed by atoms with van der Waals surface area (Å²) in [6.45, 7) is 6.43. The Kier molecular flexibility index (Phi) is 6.62. The SMILES string of the molecule is C=C1Cc2c(n(CCCC)c(=O)n(CCCCc3noc(-c4ccccn4)n3)c2=O)C(=O)N1. The number of pyridine rings is 1. The second-order valence-electron chi connectivity index (χ2n) is 7.99. The normalized spacial score (nSPS) is 13.1. The maximum absolute atomic E-state index is 13.1. The monoisotopic (exact) mass is 450 g/mol. The first-order chi connectivity index (χ1) is 16.0. The van der Waals surface area contributed by atoms with Gasteiger partial charge in [-0.3, -0.25) is 23.7 Å². The Morgan fingerprint density at radius 3 is 2.70 bits per heavy atom. The average molecular weight is 450 g/mol. The van der Waals surface area contributed by atoms with E-state index >= 15 is 0 Å². The summed E-state index contributed by atoms with van der Waals surface area (Å²) in [6.07, 6.45) is 5.25. The van der Waals surface area contributed by atoms with Crippen molar-refractivity contribution in [3.05, 3.63) is 74.6 Å². The van der Waals surface area contributed by atoms with E-state index < -0.39 is 17.2 Å². The Balaban J connectivity index is 1.49. The van der Waals surface area contributed by atoms with Crippen molar-refractivity contribution in [2.45, 2.75) is 58.5 Å². The van der Waals surface area contributed by atoms with E-state index in [2.05, 4.69) is 27.0 Å². The van der Waals surface area contributed by atoms with Gasteiger partial charge in [-0.15, -0.1) is 0 Å². The standard InChI is InChI=1S/C23H26N6O4/c1-3-4-12-28-19-16(14-15(2)25-20(19)30)22(31)29(23(28)32)13-8-6-10-18-26-21(33-27-18)17-9-5-7-11-24-17/h5,7,9,11H,2-4,6,8,10,12-14H2,1H3,(H,25,30). The van der Waals surface area contributed by atoms with E-state index in [1.807, 2.05) is 19.1 Å². The number of nitrogens with one attached hydrogen (secondary N) is 1. The summed E-state index contributed by atoms with van der Waals surface area (Å²) < 4.78 is 7.92. The van der Waals surface area contributed by atoms with Gasteiger partial charge in [-0.25, -0.2) is 4.79 Å². The molecule has 1 N–H and O–H groups in total. The van der Waals surface area contributed by atoms with Crippen molar-refractivity contribution in [3.63, 3.8) is 0 Å². The highest BCUT2D eigenvalue weighted by molar-refractivity contribution is 5.96. The minimum atomic E-state index is -0.452. The van der Waals surface area contributed by atoms with Gasteiger partial charge in [0.2, 0.25) is 0 Å². The molecule has 1 aliphatic rings. The quantitative estimate of drug-likeness (QED) is 0.495. The molecule has 0 radical (unpaired) electrons. The predicted octanol–water partition coefficient (Wildman–Crippen LogP) is 2.08. The van der Waals surface area contributed by atoms with Crippen LogP contribution in [0.5, 0.6) is 0 Å². The summed E-state index contributed by atoms with van der Waals surface area (Å²) in [5.74, 6) is 0.454. The summed E-state index contributed by atoms with van der Waals surface area (Å²) in [5.41, 5.74) is 0.684. The molecule has 0 saturated carbocycles. The van der Waals surface area contributed by atoms with E-state index in [4.69, 9.17) is 4.52 Å². The maximum atomic E-state index is 13.1. The molecule has 0 bridgehead atoms. The van der Waals surface area contributed by atoms with Crippen LogP contribution >= 0.6 is 0 Å². The number of fused-ring (bicyclic) bond motifs is 1. The van der Waals surface area contributed by atoms with Crippen molar-refractivity contribution in [1.82, 2.24) is 29.6 Å². The number of hydrogen-bond donors (Lipinski definition) is 1. The minimum Gasteiger partial charge on any atom is -0.332 e. The van der Waals surface area contributed by atoms with E-state index in [0.717, 1.165) is 12.8 Å². The first-order valence-corrected chi connectivity index (χ1v) is 11.1. The molecule has 172 valence electrons. The molecule has 0 atom stereocenters. The largest absolute Gasteiger partial charge is 0.332 e. The zero-order chi connectivity index (χ0) is 23.4. The number of aryl methyl sites for hydroxylation is 1. The molecule has 0 aliphatic carbocycles. The molecule has 4 rings (SSSR count). The Morgan fingerprint density at radius 1 is 1.12 bits per heavy atom. The molecule has 3 aromatic rings. The fourth-order valence-electron chi connectivity index (χ4n) is 3.87. The molecule has 0 aromatic carbocycles. The van der Waals surface area contributed by atoms with E-state index in [0.29, 0.717) is 54.5 Å². The second-order valence-corrected chi connectivity index (χ2v) is 7.99. The molecule has 33 heavy (non-hydrogen) atoms. The number of carbonyl (C=O) groups excluding carboxylic acids is 1. The Labute approximate surface area is 190 Å². The van der Waals surface area contributed by atoms with E-state index in [-0.39, 0.29) is 18.7 Å². The number of unbranched alkanes of at least 4 members (excludes halogenated alkanes) is 2. The molecular weight excluding hydrogens is 424 g/mol. The van der Waals surface area contributed by atoms with E-state index in [1.165, 1.54) is 9.13 Å². The maximum Gasteiger partial charge on any atom is 0.331 e. The van der Waals surface area contributed by atoms with Crippen molar-refractivity contribution in [3.8, 4) is 11.6 Å². The van der Waals surface area contributed by atoms with Crippen molar-refractivity contribution in [2.24, 2.45) is 0 Å². The van der Waals surface area contributed by atoms with Gasteiger partial charge in [0.05, 0.1) is 5.56 Å². The van der Waals surface area contributed by atoms with Gasteiger partial charge in [0.1, 0.15) is 11.4 Å². The summed E-state index contributed by atoms with van der Waals surface area (Å²) in [6, 6.07) is 5.44. The van der Waals surface area contributed by atoms with Crippen LogP contribution in [0.1, 0.15) is 54.5 Å². The van der Waals surface area contributed by atoms with Crippen LogP contribution in [-0.2, 0) is 25.9 Å². The number of hydrogen-bond acceptors (Lipinski definition) is 7. The summed E-state index contributed by atoms with van der Waals surface area (Å²) >= 11 is 0. The zero-order valence-corrected chi connectivity index (χ0v) is 18.5. The van der Waals surface area contributed by atoms with E-state index in [9.17, 15) is 14.4 Å². The molecule has 3 aromatic heterocycles. The number of amides is 1. The van der Waals surface area contributed by atoms with Crippen LogP contribution in [0.15, 0.2) is 50.8 Å². The summed E-state index contributed by atoms with van der Waals surface area (Å²) in [7, 11) is 0. The lowest BCUT2D eigenvalue weighted by molar-refractivity contribution is 0.0945. The lowest BCUT2D eigenvalue weighted by Gasteiger charge is -2.23. The van der Waals surface area contributed by atoms with Crippen LogP contribution in [0.3, 0.4) is 0 Å². The lowest BCUT2D eigenvalue weighted by Crippen LogP contribution is -2.48. The first-order valence-electron chi connectivity index (χ1n) is 11.1. The Hall–Kier alpha value is -3.82. The summed E-state index contributed by atoms with van der Waals surface area (Å²) in [4.78, 5) is 47.2. The topological polar surface area (TPSA) is 125 Å². The van der Waals surface area contributed by atoms with Crippen LogP contribution in [0.2, 0.25) is 0 Å². The lowest BCUT2D eigenvalue weighted by atomic mass is 10.0. The first kappa shape index (κ1) is 22.4. The third kappa shape index (κ3) is 4.69. The number of allylic oxidation sites excluding steroid dienone is 1. The van der Waals surface area contributed by atoms with Crippen LogP contribution < -0.4 is 16.6 Å². The molecule has 0 spiro atoms. The van der Waals surface area contributed by atoms with Gasteiger partial charge in [-0.05, 0) is 31.4 Å². The van der Waals surface area contributed by atoms with Crippen LogP contribution in [0, 0.1) is 0 Å². The highest BCUT2D eigenvalue weighted by atomic mass is 16.5. The predicted molar refractivity (Wildman–Crippen MR) is 121 cm³/mol. The smallest absolute Gasteiger partial charge is 0.331 e. The number of rotatable bonds is 9. The second kappa shape index (κ2) is 9.76. The fraction of sp³-hybridized carbons (Fsp3) is 0.391. The van der Waals surface area contributed by atoms with Crippen molar-refractivity contribution in [2.75, 3.05) is 0 Å². The van der Waals surface area contributed by atoms with Gasteiger partial charge in [0.15, 0.2) is 5.82 Å². The van der Waals surface area contributed by atoms with Crippen LogP contribution in [0.25, 0.3) is 11.6 Å². The molecule has 0 fully saturated rings. The van der Waals surface area contributed by atoms with Crippen molar-refractivity contribution < 1.29 is 9.32 Å².